The fraction of sp³-hybridized carbons (Fsp3) is 0.520. The van der Waals surface area contributed by atoms with E-state index < -0.39 is 5.67 Å². The largest absolute Gasteiger partial charge is 0.364 e. The van der Waals surface area contributed by atoms with Gasteiger partial charge in [-0.2, -0.15) is 10.2 Å². The van der Waals surface area contributed by atoms with Crippen LogP contribution >= 0.6 is 11.6 Å². The number of hydrogen-bond acceptors (Lipinski definition) is 8. The number of aryl methyl sites for hydroxylation is 1. The lowest BCUT2D eigenvalue weighted by molar-refractivity contribution is -0.0728. The van der Waals surface area contributed by atoms with Crippen LogP contribution in [-0.2, 0) is 5.67 Å². The van der Waals surface area contributed by atoms with E-state index in [-0.39, 0.29) is 18.1 Å². The van der Waals surface area contributed by atoms with Gasteiger partial charge in [-0.15, -0.1) is 5.10 Å². The van der Waals surface area contributed by atoms with Crippen LogP contribution in [0.1, 0.15) is 42.5 Å². The van der Waals surface area contributed by atoms with E-state index in [1.54, 1.807) is 22.8 Å². The summed E-state index contributed by atoms with van der Waals surface area (Å²) in [5, 5.41) is 21.0. The monoisotopic (exact) mass is 509 g/mol. The van der Waals surface area contributed by atoms with Gasteiger partial charge in [0.25, 0.3) is 0 Å². The maximum Gasteiger partial charge on any atom is 0.247 e. The molecule has 4 heterocycles. The molecule has 36 heavy (non-hydrogen) atoms. The number of hydrogen-bond donors (Lipinski definition) is 2. The quantitative estimate of drug-likeness (QED) is 0.517. The predicted octanol–water partition coefficient (Wildman–Crippen LogP) is 3.85. The van der Waals surface area contributed by atoms with Crippen LogP contribution in [0.4, 0.5) is 21.8 Å². The van der Waals surface area contributed by atoms with Gasteiger partial charge < -0.3 is 15.5 Å². The van der Waals surface area contributed by atoms with Crippen LogP contribution in [0.5, 0.6) is 0 Å². The molecular formula is C25H29ClFN9. The molecule has 188 valence electrons. The molecule has 3 fully saturated rings. The molecule has 0 spiro atoms. The van der Waals surface area contributed by atoms with Crippen LogP contribution in [0.3, 0.4) is 0 Å². The maximum absolute atomic E-state index is 16.1. The number of imidazole rings is 1. The molecule has 2 aromatic heterocycles. The summed E-state index contributed by atoms with van der Waals surface area (Å²) >= 11 is 6.77. The van der Waals surface area contributed by atoms with Crippen molar-refractivity contribution in [3.05, 3.63) is 40.2 Å². The molecule has 9 nitrogen and oxygen atoms in total. The van der Waals surface area contributed by atoms with Gasteiger partial charge in [-0.25, -0.2) is 13.9 Å². The lowest BCUT2D eigenvalue weighted by Crippen LogP contribution is -2.61. The van der Waals surface area contributed by atoms with Crippen LogP contribution in [0.2, 0.25) is 5.02 Å². The number of alkyl halides is 1. The number of piperidine rings is 1. The number of nitriles is 1. The van der Waals surface area contributed by atoms with Crippen molar-refractivity contribution in [1.29, 1.82) is 5.26 Å². The second-order valence-corrected chi connectivity index (χ2v) is 10.7. The molecule has 6 rings (SSSR count). The molecule has 0 amide bonds. The van der Waals surface area contributed by atoms with E-state index in [1.807, 2.05) is 6.92 Å². The molecule has 1 aliphatic carbocycles. The summed E-state index contributed by atoms with van der Waals surface area (Å²) in [6.45, 7) is 4.52. The number of likely N-dealkylation sites (tertiary alicyclic amines) is 2. The SMILES string of the molecule is Cc1cnc2c(NC3CC3)nc(Nc3cc(C#N)cc(C4(F)CN(C5CCN(C)CC5)C4)c3Cl)nn12. The van der Waals surface area contributed by atoms with E-state index in [4.69, 9.17) is 11.6 Å². The van der Waals surface area contributed by atoms with Crippen LogP contribution in [0.15, 0.2) is 18.3 Å². The van der Waals surface area contributed by atoms with Gasteiger partial charge in [-0.1, -0.05) is 11.6 Å². The van der Waals surface area contributed by atoms with Crippen LogP contribution < -0.4 is 10.6 Å². The summed E-state index contributed by atoms with van der Waals surface area (Å²) in [6.07, 6.45) is 6.00. The van der Waals surface area contributed by atoms with Crippen molar-refractivity contribution in [3.8, 4) is 6.07 Å². The molecule has 1 saturated carbocycles. The second-order valence-electron chi connectivity index (χ2n) is 10.4. The number of anilines is 3. The first kappa shape index (κ1) is 23.4. The van der Waals surface area contributed by atoms with Crippen LogP contribution in [0.25, 0.3) is 5.65 Å². The zero-order chi connectivity index (χ0) is 25.0. The summed E-state index contributed by atoms with van der Waals surface area (Å²) in [4.78, 5) is 13.6. The Bertz CT molecular complexity index is 1350. The first-order chi connectivity index (χ1) is 17.3. The number of nitrogens with one attached hydrogen (secondary N) is 2. The third kappa shape index (κ3) is 4.25. The molecule has 2 N–H and O–H groups in total. The number of nitrogens with zero attached hydrogens (tertiary/aromatic N) is 7. The highest BCUT2D eigenvalue weighted by molar-refractivity contribution is 6.34. The smallest absolute Gasteiger partial charge is 0.247 e. The van der Waals surface area contributed by atoms with Crippen molar-refractivity contribution >= 4 is 34.7 Å². The van der Waals surface area contributed by atoms with Gasteiger partial charge in [-0.05, 0) is 64.9 Å². The van der Waals surface area contributed by atoms with E-state index >= 15 is 4.39 Å². The number of fused-ring (bicyclic) bond motifs is 1. The Hall–Kier alpha value is -3.00. The van der Waals surface area contributed by atoms with E-state index in [0.717, 1.165) is 44.5 Å². The predicted molar refractivity (Wildman–Crippen MR) is 136 cm³/mol. The number of rotatable bonds is 6. The van der Waals surface area contributed by atoms with Gasteiger partial charge in [-0.3, -0.25) is 4.90 Å². The van der Waals surface area contributed by atoms with Crippen molar-refractivity contribution in [2.75, 3.05) is 43.9 Å². The number of halogens is 2. The molecule has 2 saturated heterocycles. The summed E-state index contributed by atoms with van der Waals surface area (Å²) in [7, 11) is 2.12. The standard InChI is InChI=1S/C25H29ClFN9/c1-15-12-29-23-22(30-17-3-4-17)32-24(33-36(15)23)31-20-10-16(11-28)9-19(21(20)26)25(27)13-35(14-25)18-5-7-34(2)8-6-18/h9-10,12,17-18H,3-8,13-14H2,1-2H3,(H2,30,31,32,33). The summed E-state index contributed by atoms with van der Waals surface area (Å²) in [5.41, 5.74) is 0.990. The fourth-order valence-corrected chi connectivity index (χ4v) is 5.50. The second kappa shape index (κ2) is 8.83. The molecule has 3 aromatic rings. The molecule has 2 aliphatic heterocycles. The van der Waals surface area contributed by atoms with E-state index in [0.29, 0.717) is 46.3 Å². The van der Waals surface area contributed by atoms with Crippen molar-refractivity contribution in [2.24, 2.45) is 0 Å². The Morgan fingerprint density at radius 1 is 1.19 bits per heavy atom. The zero-order valence-electron chi connectivity index (χ0n) is 20.4. The first-order valence-corrected chi connectivity index (χ1v) is 12.8. The zero-order valence-corrected chi connectivity index (χ0v) is 21.2. The van der Waals surface area contributed by atoms with E-state index in [1.165, 1.54) is 0 Å². The first-order valence-electron chi connectivity index (χ1n) is 12.4. The lowest BCUT2D eigenvalue weighted by atomic mass is 9.84. The molecule has 0 atom stereocenters. The minimum absolute atomic E-state index is 0.252. The Labute approximate surface area is 214 Å². The summed E-state index contributed by atoms with van der Waals surface area (Å²) in [6, 6.07) is 6.10. The van der Waals surface area contributed by atoms with E-state index in [9.17, 15) is 5.26 Å². The minimum Gasteiger partial charge on any atom is -0.364 e. The number of benzene rings is 1. The highest BCUT2D eigenvalue weighted by Crippen LogP contribution is 2.45. The highest BCUT2D eigenvalue weighted by atomic mass is 35.5. The number of aromatic nitrogens is 4. The Balaban J connectivity index is 1.29. The van der Waals surface area contributed by atoms with Gasteiger partial charge >= 0.3 is 0 Å². The van der Waals surface area contributed by atoms with Gasteiger partial charge in [0.15, 0.2) is 17.1 Å². The van der Waals surface area contributed by atoms with Gasteiger partial charge in [0.05, 0.1) is 34.2 Å². The Morgan fingerprint density at radius 3 is 2.64 bits per heavy atom. The summed E-state index contributed by atoms with van der Waals surface area (Å²) in [5.74, 6) is 0.926. The average Bonchev–Trinajstić information content (AvgIpc) is 3.59. The van der Waals surface area contributed by atoms with Gasteiger partial charge in [0.2, 0.25) is 5.95 Å². The highest BCUT2D eigenvalue weighted by Gasteiger charge is 2.49. The lowest BCUT2D eigenvalue weighted by Gasteiger charge is -2.50. The van der Waals surface area contributed by atoms with Crippen molar-refractivity contribution < 1.29 is 4.39 Å². The fourth-order valence-electron chi connectivity index (χ4n) is 5.18. The molecule has 0 radical (unpaired) electrons. The van der Waals surface area contributed by atoms with Crippen molar-refractivity contribution in [2.45, 2.75) is 50.4 Å². The minimum atomic E-state index is -1.60. The van der Waals surface area contributed by atoms with Gasteiger partial charge in [0.1, 0.15) is 0 Å². The Morgan fingerprint density at radius 2 is 1.94 bits per heavy atom. The molecule has 1 aromatic carbocycles. The topological polar surface area (TPSA) is 97.4 Å². The normalized spacial score (nSPS) is 20.8. The molecule has 11 heteroatoms. The van der Waals surface area contributed by atoms with E-state index in [2.05, 4.69) is 48.6 Å². The molecular weight excluding hydrogens is 481 g/mol. The third-order valence-corrected chi connectivity index (χ3v) is 7.90. The Kier molecular flexibility index (Phi) is 5.74. The van der Waals surface area contributed by atoms with Crippen LogP contribution in [-0.4, -0.2) is 74.7 Å². The van der Waals surface area contributed by atoms with Crippen molar-refractivity contribution in [3.63, 3.8) is 0 Å². The van der Waals surface area contributed by atoms with Crippen LogP contribution in [0, 0.1) is 18.3 Å². The molecule has 3 aliphatic rings. The average molecular weight is 510 g/mol. The van der Waals surface area contributed by atoms with Gasteiger partial charge in [0, 0.05) is 30.7 Å². The maximum atomic E-state index is 16.1. The molecule has 0 unspecified atom stereocenters. The van der Waals surface area contributed by atoms with Crippen molar-refractivity contribution in [1.82, 2.24) is 29.4 Å². The third-order valence-electron chi connectivity index (χ3n) is 7.49. The summed E-state index contributed by atoms with van der Waals surface area (Å²) < 4.78 is 17.8. The molecule has 0 bridgehead atoms.